The van der Waals surface area contributed by atoms with Crippen LogP contribution in [0.5, 0.6) is 5.75 Å². The maximum Gasteiger partial charge on any atom is 0.308 e. The lowest BCUT2D eigenvalue weighted by molar-refractivity contribution is -0.146. The highest BCUT2D eigenvalue weighted by Gasteiger charge is 2.34. The second-order valence-electron chi connectivity index (χ2n) is 9.33. The number of methoxy groups -OCH3 is 1. The number of hydrogen-bond donors (Lipinski definition) is 2. The molecule has 0 amide bonds. The van der Waals surface area contributed by atoms with Gasteiger partial charge in [0, 0.05) is 23.0 Å². The third-order valence-corrected chi connectivity index (χ3v) is 8.11. The SMILES string of the molecule is COc1ccc2nccc([C@H](O)CC[C@@H]3CCN(CCCSc4ccc(F)cc4)C[C@@H]3C(=O)O)c2c1. The molecule has 36 heavy (non-hydrogen) atoms. The second-order valence-corrected chi connectivity index (χ2v) is 10.5. The molecule has 1 fully saturated rings. The average molecular weight is 513 g/mol. The van der Waals surface area contributed by atoms with Gasteiger partial charge in [-0.1, -0.05) is 0 Å². The quantitative estimate of drug-likeness (QED) is 0.263. The first-order valence-corrected chi connectivity index (χ1v) is 13.4. The summed E-state index contributed by atoms with van der Waals surface area (Å²) in [6.07, 6.45) is 3.90. The van der Waals surface area contributed by atoms with Crippen LogP contribution in [0.25, 0.3) is 10.9 Å². The molecule has 2 N–H and O–H groups in total. The van der Waals surface area contributed by atoms with Crippen LogP contribution in [0.4, 0.5) is 4.39 Å². The molecule has 192 valence electrons. The van der Waals surface area contributed by atoms with E-state index in [0.717, 1.165) is 53.0 Å². The van der Waals surface area contributed by atoms with Crippen molar-refractivity contribution in [3.63, 3.8) is 0 Å². The number of carboxylic acids is 1. The first-order valence-electron chi connectivity index (χ1n) is 12.4. The highest BCUT2D eigenvalue weighted by Crippen LogP contribution is 2.34. The molecular formula is C28H33FN2O4S. The van der Waals surface area contributed by atoms with Crippen molar-refractivity contribution in [2.75, 3.05) is 32.5 Å². The van der Waals surface area contributed by atoms with Gasteiger partial charge in [0.2, 0.25) is 0 Å². The first kappa shape index (κ1) is 26.4. The number of aliphatic carboxylic acids is 1. The second kappa shape index (κ2) is 12.5. The Balaban J connectivity index is 1.29. The molecular weight excluding hydrogens is 479 g/mol. The predicted molar refractivity (Wildman–Crippen MR) is 140 cm³/mol. The van der Waals surface area contributed by atoms with E-state index in [0.29, 0.717) is 25.1 Å². The van der Waals surface area contributed by atoms with Gasteiger partial charge in [0.1, 0.15) is 11.6 Å². The maximum absolute atomic E-state index is 13.0. The van der Waals surface area contributed by atoms with Gasteiger partial charge in [0.05, 0.1) is 24.6 Å². The Morgan fingerprint density at radius 3 is 2.81 bits per heavy atom. The molecule has 3 aromatic rings. The normalized spacial score (nSPS) is 19.3. The van der Waals surface area contributed by atoms with Crippen molar-refractivity contribution in [3.8, 4) is 5.75 Å². The molecule has 3 atom stereocenters. The molecule has 8 heteroatoms. The van der Waals surface area contributed by atoms with E-state index < -0.39 is 18.0 Å². The van der Waals surface area contributed by atoms with Gasteiger partial charge in [-0.3, -0.25) is 9.78 Å². The molecule has 2 heterocycles. The summed E-state index contributed by atoms with van der Waals surface area (Å²) in [5.41, 5.74) is 1.59. The number of fused-ring (bicyclic) bond motifs is 1. The third-order valence-electron chi connectivity index (χ3n) is 7.01. The van der Waals surface area contributed by atoms with E-state index in [-0.39, 0.29) is 11.7 Å². The molecule has 1 saturated heterocycles. The summed E-state index contributed by atoms with van der Waals surface area (Å²) in [5, 5.41) is 21.8. The number of aromatic nitrogens is 1. The van der Waals surface area contributed by atoms with E-state index in [2.05, 4.69) is 9.88 Å². The van der Waals surface area contributed by atoms with Gasteiger partial charge in [-0.05, 0) is 105 Å². The van der Waals surface area contributed by atoms with Gasteiger partial charge >= 0.3 is 5.97 Å². The summed E-state index contributed by atoms with van der Waals surface area (Å²) in [4.78, 5) is 19.7. The molecule has 0 spiro atoms. The Bertz CT molecular complexity index is 1160. The number of carbonyl (C=O) groups is 1. The van der Waals surface area contributed by atoms with Gasteiger partial charge in [-0.2, -0.15) is 0 Å². The number of thioether (sulfide) groups is 1. The maximum atomic E-state index is 13.0. The van der Waals surface area contributed by atoms with Crippen LogP contribution in [0.1, 0.15) is 37.4 Å². The van der Waals surface area contributed by atoms with Crippen molar-refractivity contribution in [1.29, 1.82) is 0 Å². The Hall–Kier alpha value is -2.68. The number of hydrogen-bond acceptors (Lipinski definition) is 6. The summed E-state index contributed by atoms with van der Waals surface area (Å²) in [5.74, 6) is 0.205. The number of aliphatic hydroxyl groups is 1. The van der Waals surface area contributed by atoms with E-state index >= 15 is 0 Å². The predicted octanol–water partition coefficient (Wildman–Crippen LogP) is 5.40. The molecule has 1 aliphatic heterocycles. The number of nitrogens with zero attached hydrogens (tertiary/aromatic N) is 2. The zero-order valence-electron chi connectivity index (χ0n) is 20.5. The fourth-order valence-corrected chi connectivity index (χ4v) is 5.83. The molecule has 1 aliphatic rings. The van der Waals surface area contributed by atoms with Crippen molar-refractivity contribution in [3.05, 3.63) is 66.1 Å². The lowest BCUT2D eigenvalue weighted by atomic mass is 9.81. The van der Waals surface area contributed by atoms with Crippen molar-refractivity contribution in [1.82, 2.24) is 9.88 Å². The lowest BCUT2D eigenvalue weighted by Crippen LogP contribution is -2.44. The molecule has 1 aromatic heterocycles. The number of pyridine rings is 1. The molecule has 6 nitrogen and oxygen atoms in total. The summed E-state index contributed by atoms with van der Waals surface area (Å²) < 4.78 is 18.4. The smallest absolute Gasteiger partial charge is 0.308 e. The van der Waals surface area contributed by atoms with Gasteiger partial charge in [0.15, 0.2) is 0 Å². The summed E-state index contributed by atoms with van der Waals surface area (Å²) in [6.45, 7) is 2.24. The van der Waals surface area contributed by atoms with Crippen molar-refractivity contribution in [2.24, 2.45) is 11.8 Å². The molecule has 4 rings (SSSR count). The third kappa shape index (κ3) is 6.75. The van der Waals surface area contributed by atoms with Crippen molar-refractivity contribution < 1.29 is 24.1 Å². The highest BCUT2D eigenvalue weighted by atomic mass is 32.2. The zero-order chi connectivity index (χ0) is 25.5. The summed E-state index contributed by atoms with van der Waals surface area (Å²) in [6, 6.07) is 13.9. The number of likely N-dealkylation sites (tertiary alicyclic amines) is 1. The molecule has 0 aliphatic carbocycles. The lowest BCUT2D eigenvalue weighted by Gasteiger charge is -2.37. The molecule has 2 aromatic carbocycles. The summed E-state index contributed by atoms with van der Waals surface area (Å²) in [7, 11) is 1.61. The monoisotopic (exact) mass is 512 g/mol. The number of ether oxygens (including phenoxy) is 1. The number of carboxylic acid groups (broad SMARTS) is 1. The van der Waals surface area contributed by atoms with Crippen LogP contribution in [-0.2, 0) is 4.79 Å². The van der Waals surface area contributed by atoms with E-state index in [1.54, 1.807) is 37.2 Å². The fraction of sp³-hybridized carbons (Fsp3) is 0.429. The van der Waals surface area contributed by atoms with E-state index in [1.165, 1.54) is 12.1 Å². The average Bonchev–Trinajstić information content (AvgIpc) is 2.90. The van der Waals surface area contributed by atoms with E-state index in [9.17, 15) is 19.4 Å². The van der Waals surface area contributed by atoms with Crippen LogP contribution < -0.4 is 4.74 Å². The van der Waals surface area contributed by atoms with E-state index in [4.69, 9.17) is 4.74 Å². The van der Waals surface area contributed by atoms with Gasteiger partial charge < -0.3 is 19.8 Å². The Morgan fingerprint density at radius 2 is 2.06 bits per heavy atom. The number of piperidine rings is 1. The fourth-order valence-electron chi connectivity index (χ4n) is 5.00. The highest BCUT2D eigenvalue weighted by molar-refractivity contribution is 7.99. The Labute approximate surface area is 215 Å². The zero-order valence-corrected chi connectivity index (χ0v) is 21.3. The number of aliphatic hydroxyl groups excluding tert-OH is 1. The first-order chi connectivity index (χ1) is 17.4. The van der Waals surface area contributed by atoms with Crippen LogP contribution in [-0.4, -0.2) is 58.6 Å². The molecule has 0 unspecified atom stereocenters. The number of benzene rings is 2. The van der Waals surface area contributed by atoms with Crippen LogP contribution in [0.3, 0.4) is 0 Å². The van der Waals surface area contributed by atoms with Gasteiger partial charge in [-0.25, -0.2) is 4.39 Å². The number of rotatable bonds is 11. The van der Waals surface area contributed by atoms with Crippen molar-refractivity contribution in [2.45, 2.75) is 36.7 Å². The Kier molecular flexibility index (Phi) is 9.18. The molecule has 0 radical (unpaired) electrons. The molecule has 0 bridgehead atoms. The van der Waals surface area contributed by atoms with Crippen LogP contribution >= 0.6 is 11.8 Å². The minimum absolute atomic E-state index is 0.0321. The largest absolute Gasteiger partial charge is 0.497 e. The van der Waals surface area contributed by atoms with E-state index in [1.807, 2.05) is 24.3 Å². The standard InChI is InChI=1S/C28H33FN2O4S/c1-35-21-6-9-26-24(17-21)23(11-13-30-26)27(32)10-3-19-12-15-31(18-25(19)28(33)34)14-2-16-36-22-7-4-20(29)5-8-22/h4-9,11,13,17,19,25,27,32H,2-3,10,12,14-16,18H2,1H3,(H,33,34)/t19-,25+,27-/m1/s1. The minimum atomic E-state index is -0.765. The number of halogens is 1. The van der Waals surface area contributed by atoms with Crippen LogP contribution in [0.2, 0.25) is 0 Å². The minimum Gasteiger partial charge on any atom is -0.497 e. The Morgan fingerprint density at radius 1 is 1.25 bits per heavy atom. The summed E-state index contributed by atoms with van der Waals surface area (Å²) >= 11 is 1.69. The van der Waals surface area contributed by atoms with Crippen molar-refractivity contribution >= 4 is 28.6 Å². The van der Waals surface area contributed by atoms with Crippen LogP contribution in [0.15, 0.2) is 59.6 Å². The van der Waals surface area contributed by atoms with Gasteiger partial charge in [0.25, 0.3) is 0 Å². The molecule has 0 saturated carbocycles. The van der Waals surface area contributed by atoms with Crippen LogP contribution in [0, 0.1) is 17.7 Å². The topological polar surface area (TPSA) is 82.9 Å². The van der Waals surface area contributed by atoms with Gasteiger partial charge in [-0.15, -0.1) is 11.8 Å².